The van der Waals surface area contributed by atoms with E-state index in [1.165, 1.54) is 5.56 Å². The second kappa shape index (κ2) is 8.30. The molecule has 0 bridgehead atoms. The van der Waals surface area contributed by atoms with Crippen LogP contribution in [-0.2, 0) is 24.2 Å². The van der Waals surface area contributed by atoms with E-state index in [1.807, 2.05) is 17.9 Å². The second-order valence-corrected chi connectivity index (χ2v) is 6.70. The van der Waals surface area contributed by atoms with Gasteiger partial charge in [0.05, 0.1) is 12.7 Å². The summed E-state index contributed by atoms with van der Waals surface area (Å²) in [6.45, 7) is 7.13. The van der Waals surface area contributed by atoms with Crippen LogP contribution >= 0.6 is 0 Å². The molecule has 0 radical (unpaired) electrons. The predicted octanol–water partition coefficient (Wildman–Crippen LogP) is 2.90. The fourth-order valence-corrected chi connectivity index (χ4v) is 3.43. The van der Waals surface area contributed by atoms with Gasteiger partial charge in [0.25, 0.3) is 0 Å². The van der Waals surface area contributed by atoms with Crippen molar-refractivity contribution in [3.63, 3.8) is 0 Å². The molecule has 1 amide bonds. The average Bonchev–Trinajstić information content (AvgIpc) is 3.27. The first kappa shape index (κ1) is 17.7. The fourth-order valence-electron chi connectivity index (χ4n) is 3.43. The molecule has 1 aliphatic rings. The minimum absolute atomic E-state index is 0.0890. The molecule has 1 saturated heterocycles. The van der Waals surface area contributed by atoms with Crippen LogP contribution in [0.2, 0.25) is 0 Å². The van der Waals surface area contributed by atoms with Crippen molar-refractivity contribution in [2.75, 3.05) is 19.6 Å². The lowest BCUT2D eigenvalue weighted by Gasteiger charge is -2.27. The van der Waals surface area contributed by atoms with Gasteiger partial charge >= 0.3 is 0 Å². The Labute approximate surface area is 149 Å². The molecule has 2 heterocycles. The van der Waals surface area contributed by atoms with Crippen LogP contribution in [0.4, 0.5) is 0 Å². The summed E-state index contributed by atoms with van der Waals surface area (Å²) >= 11 is 0. The van der Waals surface area contributed by atoms with Crippen molar-refractivity contribution in [1.29, 1.82) is 0 Å². The minimum Gasteiger partial charge on any atom is -0.444 e. The summed E-state index contributed by atoms with van der Waals surface area (Å²) in [7, 11) is 0. The minimum atomic E-state index is 0.0890. The van der Waals surface area contributed by atoms with Gasteiger partial charge in [-0.25, -0.2) is 4.98 Å². The summed E-state index contributed by atoms with van der Waals surface area (Å²) < 4.78 is 5.69. The van der Waals surface area contributed by atoms with Gasteiger partial charge in [-0.15, -0.1) is 0 Å². The van der Waals surface area contributed by atoms with Gasteiger partial charge in [-0.3, -0.25) is 4.79 Å². The van der Waals surface area contributed by atoms with Gasteiger partial charge in [-0.05, 0) is 18.4 Å². The molecule has 2 aromatic rings. The third-order valence-electron chi connectivity index (χ3n) is 4.91. The first-order chi connectivity index (χ1) is 12.2. The first-order valence-electron chi connectivity index (χ1n) is 9.12. The molecule has 0 unspecified atom stereocenters. The number of hydrogen-bond donors (Lipinski definition) is 0. The number of aryl methyl sites for hydroxylation is 1. The second-order valence-electron chi connectivity index (χ2n) is 6.70. The quantitative estimate of drug-likeness (QED) is 0.777. The van der Waals surface area contributed by atoms with E-state index in [2.05, 4.69) is 34.1 Å². The number of likely N-dealkylation sites (tertiary alicyclic amines) is 1. The number of benzene rings is 1. The summed E-state index contributed by atoms with van der Waals surface area (Å²) in [6.07, 6.45) is 4.64. The summed E-state index contributed by atoms with van der Waals surface area (Å²) in [6, 6.07) is 10.8. The molecule has 1 fully saturated rings. The maximum atomic E-state index is 12.1. The molecular weight excluding hydrogens is 314 g/mol. The van der Waals surface area contributed by atoms with Gasteiger partial charge in [0.1, 0.15) is 5.76 Å². The molecule has 0 aliphatic carbocycles. The highest BCUT2D eigenvalue weighted by Crippen LogP contribution is 2.19. The Morgan fingerprint density at radius 1 is 1.36 bits per heavy atom. The molecule has 1 aliphatic heterocycles. The molecule has 134 valence electrons. The van der Waals surface area contributed by atoms with Crippen LogP contribution in [0.5, 0.6) is 0 Å². The zero-order valence-electron chi connectivity index (χ0n) is 15.1. The summed E-state index contributed by atoms with van der Waals surface area (Å²) in [5.74, 6) is 1.59. The van der Waals surface area contributed by atoms with Crippen molar-refractivity contribution in [3.8, 4) is 0 Å². The molecule has 1 aromatic heterocycles. The van der Waals surface area contributed by atoms with Crippen LogP contribution in [0.15, 0.2) is 40.9 Å². The topological polar surface area (TPSA) is 49.6 Å². The number of aromatic nitrogens is 1. The molecule has 0 spiro atoms. The number of rotatable bonds is 7. The molecule has 5 nitrogen and oxygen atoms in total. The Balaban J connectivity index is 1.55. The first-order valence-corrected chi connectivity index (χ1v) is 9.12. The predicted molar refractivity (Wildman–Crippen MR) is 97.1 cm³/mol. The molecular formula is C20H27N3O2. The van der Waals surface area contributed by atoms with Crippen molar-refractivity contribution in [3.05, 3.63) is 53.7 Å². The van der Waals surface area contributed by atoms with Gasteiger partial charge in [0, 0.05) is 39.0 Å². The van der Waals surface area contributed by atoms with Gasteiger partial charge in [0.2, 0.25) is 11.8 Å². The Kier molecular flexibility index (Phi) is 5.87. The lowest BCUT2D eigenvalue weighted by molar-refractivity contribution is -0.132. The molecule has 25 heavy (non-hydrogen) atoms. The van der Waals surface area contributed by atoms with Crippen LogP contribution in [0.3, 0.4) is 0 Å². The van der Waals surface area contributed by atoms with Crippen molar-refractivity contribution in [2.24, 2.45) is 0 Å². The van der Waals surface area contributed by atoms with Crippen LogP contribution < -0.4 is 0 Å². The van der Waals surface area contributed by atoms with Crippen molar-refractivity contribution >= 4 is 5.91 Å². The van der Waals surface area contributed by atoms with Crippen LogP contribution in [0, 0.1) is 0 Å². The molecule has 0 N–H and O–H groups in total. The number of carbonyl (C=O) groups excluding carboxylic acids is 1. The largest absolute Gasteiger partial charge is 0.444 e. The Morgan fingerprint density at radius 2 is 2.16 bits per heavy atom. The van der Waals surface area contributed by atoms with Gasteiger partial charge < -0.3 is 14.2 Å². The number of carbonyl (C=O) groups is 1. The summed E-state index contributed by atoms with van der Waals surface area (Å²) in [5, 5.41) is 0. The average molecular weight is 341 g/mol. The zero-order valence-corrected chi connectivity index (χ0v) is 15.1. The smallest absolute Gasteiger partial charge is 0.220 e. The Bertz CT molecular complexity index is 683. The third-order valence-corrected chi connectivity index (χ3v) is 4.91. The van der Waals surface area contributed by atoms with Crippen LogP contribution in [0.1, 0.15) is 37.5 Å². The monoisotopic (exact) mass is 341 g/mol. The van der Waals surface area contributed by atoms with Crippen molar-refractivity contribution in [1.82, 2.24) is 14.8 Å². The van der Waals surface area contributed by atoms with Crippen LogP contribution in [-0.4, -0.2) is 46.4 Å². The lowest BCUT2D eigenvalue weighted by Crippen LogP contribution is -2.40. The van der Waals surface area contributed by atoms with E-state index in [0.717, 1.165) is 44.7 Å². The van der Waals surface area contributed by atoms with E-state index in [0.29, 0.717) is 12.4 Å². The highest BCUT2D eigenvalue weighted by molar-refractivity contribution is 5.73. The summed E-state index contributed by atoms with van der Waals surface area (Å²) in [4.78, 5) is 20.8. The molecule has 5 heteroatoms. The zero-order chi connectivity index (χ0) is 17.6. The van der Waals surface area contributed by atoms with E-state index in [4.69, 9.17) is 4.42 Å². The number of oxazole rings is 1. The van der Waals surface area contributed by atoms with E-state index < -0.39 is 0 Å². The number of hydrogen-bond acceptors (Lipinski definition) is 4. The van der Waals surface area contributed by atoms with E-state index in [9.17, 15) is 4.79 Å². The maximum Gasteiger partial charge on any atom is 0.220 e. The van der Waals surface area contributed by atoms with E-state index in [1.54, 1.807) is 13.1 Å². The van der Waals surface area contributed by atoms with E-state index in [-0.39, 0.29) is 11.9 Å². The van der Waals surface area contributed by atoms with Crippen molar-refractivity contribution < 1.29 is 9.21 Å². The van der Waals surface area contributed by atoms with Gasteiger partial charge in [-0.2, -0.15) is 0 Å². The Hall–Kier alpha value is -2.14. The number of nitrogens with zero attached hydrogens (tertiary/aromatic N) is 3. The lowest BCUT2D eigenvalue weighted by atomic mass is 10.1. The molecule has 1 aromatic carbocycles. The SMILES string of the molecule is CCc1cnc(CN(C(C)=O)[C@@H]2CCN(CCc3ccccc3)C2)o1. The summed E-state index contributed by atoms with van der Waals surface area (Å²) in [5.41, 5.74) is 1.36. The van der Waals surface area contributed by atoms with E-state index >= 15 is 0 Å². The highest BCUT2D eigenvalue weighted by Gasteiger charge is 2.30. The Morgan fingerprint density at radius 3 is 2.84 bits per heavy atom. The highest BCUT2D eigenvalue weighted by atomic mass is 16.4. The molecule has 1 atom stereocenters. The fraction of sp³-hybridized carbons (Fsp3) is 0.500. The van der Waals surface area contributed by atoms with Gasteiger partial charge in [-0.1, -0.05) is 37.3 Å². The standard InChI is InChI=1S/C20H27N3O2/c1-3-19-13-21-20(25-19)15-23(16(2)24)18-10-12-22(14-18)11-9-17-7-5-4-6-8-17/h4-8,13,18H,3,9-12,14-15H2,1-2H3/t18-/m1/s1. The third kappa shape index (κ3) is 4.69. The maximum absolute atomic E-state index is 12.1. The molecule has 0 saturated carbocycles. The normalized spacial score (nSPS) is 17.8. The molecule has 3 rings (SSSR count). The number of amides is 1. The van der Waals surface area contributed by atoms with Gasteiger partial charge in [0.15, 0.2) is 0 Å². The van der Waals surface area contributed by atoms with Crippen molar-refractivity contribution in [2.45, 2.75) is 45.7 Å². The van der Waals surface area contributed by atoms with Crippen LogP contribution in [0.25, 0.3) is 0 Å².